The van der Waals surface area contributed by atoms with Crippen molar-refractivity contribution in [3.8, 4) is 11.5 Å². The summed E-state index contributed by atoms with van der Waals surface area (Å²) in [6.45, 7) is 0. The molecule has 0 radical (unpaired) electrons. The van der Waals surface area contributed by atoms with Crippen LogP contribution in [0, 0.1) is 5.92 Å². The van der Waals surface area contributed by atoms with Crippen LogP contribution in [-0.2, 0) is 6.42 Å². The van der Waals surface area contributed by atoms with E-state index in [0.29, 0.717) is 5.38 Å². The van der Waals surface area contributed by atoms with Crippen molar-refractivity contribution >= 4 is 27.5 Å². The predicted molar refractivity (Wildman–Crippen MR) is 77.9 cm³/mol. The van der Waals surface area contributed by atoms with Gasteiger partial charge in [0.1, 0.15) is 16.0 Å². The molecule has 0 spiro atoms. The molecule has 1 aliphatic rings. The third-order valence-corrected chi connectivity index (χ3v) is 4.72. The molecule has 2 nitrogen and oxygen atoms in total. The Labute approximate surface area is 122 Å². The summed E-state index contributed by atoms with van der Waals surface area (Å²) >= 11 is 9.86. The molecule has 0 aromatic heterocycles. The summed E-state index contributed by atoms with van der Waals surface area (Å²) < 4.78 is 11.6. The van der Waals surface area contributed by atoms with Crippen LogP contribution in [0.4, 0.5) is 0 Å². The fourth-order valence-electron chi connectivity index (χ4n) is 2.14. The van der Waals surface area contributed by atoms with Crippen molar-refractivity contribution < 1.29 is 9.47 Å². The fourth-order valence-corrected chi connectivity index (χ4v) is 3.21. The Bertz CT molecular complexity index is 419. The predicted octanol–water partition coefficient (Wildman–Crippen LogP) is 4.42. The molecule has 1 unspecified atom stereocenters. The van der Waals surface area contributed by atoms with Gasteiger partial charge in [0.15, 0.2) is 0 Å². The van der Waals surface area contributed by atoms with E-state index < -0.39 is 0 Å². The number of hydrogen-bond donors (Lipinski definition) is 0. The minimum atomic E-state index is 0.301. The lowest BCUT2D eigenvalue weighted by molar-refractivity contribution is 0.385. The topological polar surface area (TPSA) is 18.5 Å². The number of ether oxygens (including phenoxy) is 2. The van der Waals surface area contributed by atoms with E-state index >= 15 is 0 Å². The zero-order valence-electron chi connectivity index (χ0n) is 10.7. The lowest BCUT2D eigenvalue weighted by Gasteiger charge is -2.14. The molecule has 1 fully saturated rings. The van der Waals surface area contributed by atoms with E-state index in [-0.39, 0.29) is 0 Å². The Hall–Kier alpha value is -0.410. The van der Waals surface area contributed by atoms with Crippen molar-refractivity contribution in [3.05, 3.63) is 22.2 Å². The van der Waals surface area contributed by atoms with Crippen molar-refractivity contribution in [1.29, 1.82) is 0 Å². The molecule has 2 rings (SSSR count). The minimum Gasteiger partial charge on any atom is -0.495 e. The monoisotopic (exact) mass is 332 g/mol. The first kappa shape index (κ1) is 14.0. The molecule has 0 heterocycles. The number of benzene rings is 1. The third kappa shape index (κ3) is 3.12. The van der Waals surface area contributed by atoms with Crippen LogP contribution in [0.25, 0.3) is 0 Å². The molecule has 0 N–H and O–H groups in total. The number of hydrogen-bond acceptors (Lipinski definition) is 2. The van der Waals surface area contributed by atoms with E-state index in [4.69, 9.17) is 21.1 Å². The number of aryl methyl sites for hydroxylation is 1. The van der Waals surface area contributed by atoms with Crippen LogP contribution >= 0.6 is 27.5 Å². The average molecular weight is 334 g/mol. The summed E-state index contributed by atoms with van der Waals surface area (Å²) in [6, 6.07) is 4.02. The second-order valence-corrected chi connectivity index (χ2v) is 6.02. The molecule has 18 heavy (non-hydrogen) atoms. The molecule has 0 bridgehead atoms. The summed E-state index contributed by atoms with van der Waals surface area (Å²) in [5.41, 5.74) is 1.18. The van der Waals surface area contributed by atoms with E-state index in [1.54, 1.807) is 14.2 Å². The molecule has 1 saturated carbocycles. The first-order chi connectivity index (χ1) is 8.67. The Balaban J connectivity index is 2.09. The normalized spacial score (nSPS) is 16.4. The van der Waals surface area contributed by atoms with Gasteiger partial charge in [0.2, 0.25) is 0 Å². The Kier molecular flexibility index (Phi) is 4.79. The molecule has 1 atom stereocenters. The molecule has 0 saturated heterocycles. The summed E-state index contributed by atoms with van der Waals surface area (Å²) in [5, 5.41) is 0.301. The van der Waals surface area contributed by atoms with Crippen LogP contribution in [0.15, 0.2) is 16.6 Å². The van der Waals surface area contributed by atoms with Crippen molar-refractivity contribution in [1.82, 2.24) is 0 Å². The maximum Gasteiger partial charge on any atom is 0.139 e. The minimum absolute atomic E-state index is 0.301. The van der Waals surface area contributed by atoms with E-state index in [9.17, 15) is 0 Å². The molecule has 4 heteroatoms. The SMILES string of the molecule is COc1ccc(CCC(Cl)C2CC2)c(OC)c1Br. The Morgan fingerprint density at radius 2 is 2.06 bits per heavy atom. The Morgan fingerprint density at radius 3 is 2.61 bits per heavy atom. The summed E-state index contributed by atoms with van der Waals surface area (Å²) in [7, 11) is 3.34. The highest BCUT2D eigenvalue weighted by Gasteiger charge is 2.29. The van der Waals surface area contributed by atoms with Gasteiger partial charge in [-0.15, -0.1) is 11.6 Å². The lowest BCUT2D eigenvalue weighted by Crippen LogP contribution is -2.04. The van der Waals surface area contributed by atoms with Crippen LogP contribution in [-0.4, -0.2) is 19.6 Å². The van der Waals surface area contributed by atoms with Crippen molar-refractivity contribution in [2.45, 2.75) is 31.1 Å². The van der Waals surface area contributed by atoms with Crippen LogP contribution in [0.2, 0.25) is 0 Å². The van der Waals surface area contributed by atoms with Gasteiger partial charge in [0, 0.05) is 5.38 Å². The standard InChI is InChI=1S/C14H18BrClO2/c1-17-12-8-6-10(14(18-2)13(12)15)5-7-11(16)9-3-4-9/h6,8-9,11H,3-5,7H2,1-2H3. The van der Waals surface area contributed by atoms with Gasteiger partial charge in [-0.3, -0.25) is 0 Å². The van der Waals surface area contributed by atoms with Crippen molar-refractivity contribution in [2.24, 2.45) is 5.92 Å². The van der Waals surface area contributed by atoms with Gasteiger partial charge in [-0.25, -0.2) is 0 Å². The first-order valence-corrected chi connectivity index (χ1v) is 7.43. The summed E-state index contributed by atoms with van der Waals surface area (Å²) in [4.78, 5) is 0. The molecule has 1 aromatic carbocycles. The van der Waals surface area contributed by atoms with E-state index in [0.717, 1.165) is 34.7 Å². The fraction of sp³-hybridized carbons (Fsp3) is 0.571. The number of rotatable bonds is 6. The smallest absolute Gasteiger partial charge is 0.139 e. The highest BCUT2D eigenvalue weighted by atomic mass is 79.9. The molecule has 1 aliphatic carbocycles. The van der Waals surface area contributed by atoms with Crippen molar-refractivity contribution in [2.75, 3.05) is 14.2 Å². The maximum absolute atomic E-state index is 6.34. The van der Waals surface area contributed by atoms with Crippen molar-refractivity contribution in [3.63, 3.8) is 0 Å². The lowest BCUT2D eigenvalue weighted by atomic mass is 10.0. The van der Waals surface area contributed by atoms with Crippen LogP contribution in [0.5, 0.6) is 11.5 Å². The number of alkyl halides is 1. The second-order valence-electron chi connectivity index (χ2n) is 4.67. The van der Waals surface area contributed by atoms with Crippen LogP contribution < -0.4 is 9.47 Å². The summed E-state index contributed by atoms with van der Waals surface area (Å²) in [5.74, 6) is 2.38. The van der Waals surface area contributed by atoms with Gasteiger partial charge < -0.3 is 9.47 Å². The molecule has 1 aromatic rings. The molecule has 0 amide bonds. The van der Waals surface area contributed by atoms with Crippen LogP contribution in [0.3, 0.4) is 0 Å². The van der Waals surface area contributed by atoms with Gasteiger partial charge >= 0.3 is 0 Å². The number of halogens is 2. The van der Waals surface area contributed by atoms with Gasteiger partial charge in [0.25, 0.3) is 0 Å². The first-order valence-electron chi connectivity index (χ1n) is 6.20. The quantitative estimate of drug-likeness (QED) is 0.718. The van der Waals surface area contributed by atoms with E-state index in [1.807, 2.05) is 6.07 Å². The van der Waals surface area contributed by atoms with Gasteiger partial charge in [-0.2, -0.15) is 0 Å². The molecular formula is C14H18BrClO2. The molecule has 0 aliphatic heterocycles. The van der Waals surface area contributed by atoms with Crippen LogP contribution in [0.1, 0.15) is 24.8 Å². The Morgan fingerprint density at radius 1 is 1.33 bits per heavy atom. The van der Waals surface area contributed by atoms with E-state index in [1.165, 1.54) is 18.4 Å². The zero-order chi connectivity index (χ0) is 13.1. The van der Waals surface area contributed by atoms with Gasteiger partial charge in [-0.05, 0) is 59.2 Å². The maximum atomic E-state index is 6.34. The zero-order valence-corrected chi connectivity index (χ0v) is 13.1. The summed E-state index contributed by atoms with van der Waals surface area (Å²) in [6.07, 6.45) is 4.52. The number of methoxy groups -OCH3 is 2. The highest BCUT2D eigenvalue weighted by Crippen LogP contribution is 2.40. The van der Waals surface area contributed by atoms with Gasteiger partial charge in [0.05, 0.1) is 14.2 Å². The second kappa shape index (κ2) is 6.16. The third-order valence-electron chi connectivity index (χ3n) is 3.39. The highest BCUT2D eigenvalue weighted by molar-refractivity contribution is 9.10. The molecule has 100 valence electrons. The average Bonchev–Trinajstić information content (AvgIpc) is 3.20. The largest absolute Gasteiger partial charge is 0.495 e. The molecular weight excluding hydrogens is 316 g/mol. The van der Waals surface area contributed by atoms with E-state index in [2.05, 4.69) is 22.0 Å². The van der Waals surface area contributed by atoms with Gasteiger partial charge in [-0.1, -0.05) is 6.07 Å².